The minimum atomic E-state index is -0.264. The van der Waals surface area contributed by atoms with Crippen molar-refractivity contribution in [3.63, 3.8) is 0 Å². The molecule has 0 bridgehead atoms. The lowest BCUT2D eigenvalue weighted by atomic mass is 9.95. The summed E-state index contributed by atoms with van der Waals surface area (Å²) in [6.07, 6.45) is 6.19. The van der Waals surface area contributed by atoms with E-state index in [1.165, 1.54) is 31.4 Å². The molecule has 0 spiro atoms. The first kappa shape index (κ1) is 18.7. The molecule has 1 aliphatic heterocycles. The van der Waals surface area contributed by atoms with E-state index in [1.54, 1.807) is 12.1 Å². The van der Waals surface area contributed by atoms with Gasteiger partial charge in [-0.15, -0.1) is 0 Å². The van der Waals surface area contributed by atoms with Crippen LogP contribution in [0.1, 0.15) is 55.7 Å². The number of hydrogen-bond donors (Lipinski definition) is 1. The summed E-state index contributed by atoms with van der Waals surface area (Å²) in [7, 11) is 0. The monoisotopic (exact) mass is 379 g/mol. The molecule has 0 saturated heterocycles. The summed E-state index contributed by atoms with van der Waals surface area (Å²) in [4.78, 5) is 12.9. The number of amides is 1. The van der Waals surface area contributed by atoms with Gasteiger partial charge in [-0.1, -0.05) is 49.6 Å². The highest BCUT2D eigenvalue weighted by Gasteiger charge is 2.33. The minimum Gasteiger partial charge on any atom is -0.348 e. The van der Waals surface area contributed by atoms with Gasteiger partial charge in [-0.3, -0.25) is 9.80 Å². The highest BCUT2D eigenvalue weighted by atomic mass is 19.1. The first-order valence-electron chi connectivity index (χ1n) is 10.1. The second kappa shape index (κ2) is 8.13. The molecule has 1 atom stereocenters. The van der Waals surface area contributed by atoms with E-state index in [4.69, 9.17) is 5.10 Å². The lowest BCUT2D eigenvalue weighted by Gasteiger charge is -2.25. The maximum absolute atomic E-state index is 13.4. The molecule has 1 amide bonds. The Kier molecular flexibility index (Phi) is 5.42. The van der Waals surface area contributed by atoms with Crippen LogP contribution in [0.5, 0.6) is 0 Å². The number of hydrazone groups is 1. The number of carbonyl (C=O) groups excluding carboxylic acids is 1. The molecule has 1 aliphatic carbocycles. The van der Waals surface area contributed by atoms with Gasteiger partial charge in [-0.2, -0.15) is 5.10 Å². The van der Waals surface area contributed by atoms with Crippen LogP contribution in [0.4, 0.5) is 10.1 Å². The maximum atomic E-state index is 13.4. The molecule has 2 aromatic carbocycles. The highest BCUT2D eigenvalue weighted by Crippen LogP contribution is 2.36. The van der Waals surface area contributed by atoms with Crippen molar-refractivity contribution in [1.82, 2.24) is 5.32 Å². The summed E-state index contributed by atoms with van der Waals surface area (Å²) in [6, 6.07) is 14.6. The van der Waals surface area contributed by atoms with Crippen LogP contribution in [0, 0.1) is 12.7 Å². The van der Waals surface area contributed by atoms with E-state index in [2.05, 4.69) is 5.32 Å². The van der Waals surface area contributed by atoms with Gasteiger partial charge in [0.1, 0.15) is 11.5 Å². The third-order valence-electron chi connectivity index (χ3n) is 5.73. The number of nitrogens with zero attached hydrogens (tertiary/aromatic N) is 2. The van der Waals surface area contributed by atoms with Crippen molar-refractivity contribution >= 4 is 17.3 Å². The molecule has 1 heterocycles. The normalized spacial score (nSPS) is 20.1. The SMILES string of the molecule is Cc1ccccc1N1N=C(C(=O)NC2CCCCC2)CC1c1ccc(F)cc1. The van der Waals surface area contributed by atoms with Gasteiger partial charge in [0.15, 0.2) is 0 Å². The Morgan fingerprint density at radius 2 is 1.79 bits per heavy atom. The van der Waals surface area contributed by atoms with Crippen LogP contribution in [-0.2, 0) is 4.79 Å². The number of hydrogen-bond acceptors (Lipinski definition) is 3. The number of aryl methyl sites for hydroxylation is 1. The first-order valence-corrected chi connectivity index (χ1v) is 10.1. The van der Waals surface area contributed by atoms with Crippen LogP contribution in [-0.4, -0.2) is 17.7 Å². The van der Waals surface area contributed by atoms with Gasteiger partial charge in [0.05, 0.1) is 11.7 Å². The molecule has 1 fully saturated rings. The molecular formula is C23H26FN3O. The Bertz CT molecular complexity index is 872. The summed E-state index contributed by atoms with van der Waals surface area (Å²) in [5, 5.41) is 9.80. The quantitative estimate of drug-likeness (QED) is 0.822. The van der Waals surface area contributed by atoms with E-state index in [-0.39, 0.29) is 23.8 Å². The second-order valence-electron chi connectivity index (χ2n) is 7.76. The number of rotatable bonds is 4. The largest absolute Gasteiger partial charge is 0.348 e. The second-order valence-corrected chi connectivity index (χ2v) is 7.76. The van der Waals surface area contributed by atoms with Crippen molar-refractivity contribution in [2.45, 2.75) is 57.5 Å². The fourth-order valence-electron chi connectivity index (χ4n) is 4.15. The van der Waals surface area contributed by atoms with E-state index < -0.39 is 0 Å². The third kappa shape index (κ3) is 3.93. The Balaban J connectivity index is 1.61. The molecule has 1 N–H and O–H groups in total. The molecule has 5 heteroatoms. The Labute approximate surface area is 165 Å². The van der Waals surface area contributed by atoms with Crippen LogP contribution in [0.25, 0.3) is 0 Å². The molecule has 4 nitrogen and oxygen atoms in total. The molecule has 2 aromatic rings. The summed E-state index contributed by atoms with van der Waals surface area (Å²) in [6.45, 7) is 2.03. The summed E-state index contributed by atoms with van der Waals surface area (Å²) in [5.41, 5.74) is 3.56. The third-order valence-corrected chi connectivity index (χ3v) is 5.73. The average Bonchev–Trinajstić information content (AvgIpc) is 3.15. The fourth-order valence-corrected chi connectivity index (χ4v) is 4.15. The Morgan fingerprint density at radius 3 is 2.50 bits per heavy atom. The molecule has 0 radical (unpaired) electrons. The van der Waals surface area contributed by atoms with Crippen LogP contribution < -0.4 is 10.3 Å². The van der Waals surface area contributed by atoms with Crippen molar-refractivity contribution in [1.29, 1.82) is 0 Å². The summed E-state index contributed by atoms with van der Waals surface area (Å²) in [5.74, 6) is -0.338. The maximum Gasteiger partial charge on any atom is 0.267 e. The Hall–Kier alpha value is -2.69. The lowest BCUT2D eigenvalue weighted by Crippen LogP contribution is -2.39. The minimum absolute atomic E-state index is 0.0740. The van der Waals surface area contributed by atoms with Crippen LogP contribution >= 0.6 is 0 Å². The predicted octanol–water partition coefficient (Wildman–Crippen LogP) is 4.89. The van der Waals surface area contributed by atoms with Crippen molar-refractivity contribution in [2.24, 2.45) is 5.10 Å². The first-order chi connectivity index (χ1) is 13.6. The highest BCUT2D eigenvalue weighted by molar-refractivity contribution is 6.39. The smallest absolute Gasteiger partial charge is 0.267 e. The van der Waals surface area contributed by atoms with E-state index in [1.807, 2.05) is 36.2 Å². The number of carbonyl (C=O) groups is 1. The standard InChI is InChI=1S/C23H26FN3O/c1-16-7-5-6-10-21(16)27-22(17-11-13-18(24)14-12-17)15-20(26-27)23(28)25-19-8-3-2-4-9-19/h5-7,10-14,19,22H,2-4,8-9,15H2,1H3,(H,25,28). The van der Waals surface area contributed by atoms with Crippen LogP contribution in [0.3, 0.4) is 0 Å². The van der Waals surface area contributed by atoms with Crippen molar-refractivity contribution < 1.29 is 9.18 Å². The molecule has 1 saturated carbocycles. The van der Waals surface area contributed by atoms with E-state index in [9.17, 15) is 9.18 Å². The zero-order valence-corrected chi connectivity index (χ0v) is 16.2. The van der Waals surface area contributed by atoms with Crippen LogP contribution in [0.15, 0.2) is 53.6 Å². The Morgan fingerprint density at radius 1 is 1.07 bits per heavy atom. The van der Waals surface area contributed by atoms with E-state index in [0.717, 1.165) is 29.7 Å². The predicted molar refractivity (Wildman–Crippen MR) is 110 cm³/mol. The van der Waals surface area contributed by atoms with Gasteiger partial charge < -0.3 is 5.32 Å². The van der Waals surface area contributed by atoms with Crippen LogP contribution in [0.2, 0.25) is 0 Å². The topological polar surface area (TPSA) is 44.7 Å². The molecule has 2 aliphatic rings. The zero-order chi connectivity index (χ0) is 19.5. The number of para-hydroxylation sites is 1. The van der Waals surface area contributed by atoms with Gasteiger partial charge in [0, 0.05) is 12.5 Å². The van der Waals surface area contributed by atoms with Gasteiger partial charge in [-0.05, 0) is 49.1 Å². The van der Waals surface area contributed by atoms with Gasteiger partial charge in [0.25, 0.3) is 5.91 Å². The number of anilines is 1. The van der Waals surface area contributed by atoms with Gasteiger partial charge in [-0.25, -0.2) is 4.39 Å². The van der Waals surface area contributed by atoms with Crippen molar-refractivity contribution in [3.05, 3.63) is 65.5 Å². The van der Waals surface area contributed by atoms with Crippen molar-refractivity contribution in [3.8, 4) is 0 Å². The molecular weight excluding hydrogens is 353 g/mol. The molecule has 4 rings (SSSR count). The zero-order valence-electron chi connectivity index (χ0n) is 16.2. The van der Waals surface area contributed by atoms with E-state index in [0.29, 0.717) is 12.1 Å². The molecule has 1 unspecified atom stereocenters. The lowest BCUT2D eigenvalue weighted by molar-refractivity contribution is -0.115. The summed E-state index contributed by atoms with van der Waals surface area (Å²) >= 11 is 0. The molecule has 0 aromatic heterocycles. The van der Waals surface area contributed by atoms with E-state index >= 15 is 0 Å². The summed E-state index contributed by atoms with van der Waals surface area (Å²) < 4.78 is 13.4. The molecule has 28 heavy (non-hydrogen) atoms. The average molecular weight is 379 g/mol. The fraction of sp³-hybridized carbons (Fsp3) is 0.391. The van der Waals surface area contributed by atoms with Gasteiger partial charge in [0.2, 0.25) is 0 Å². The van der Waals surface area contributed by atoms with Gasteiger partial charge >= 0.3 is 0 Å². The number of nitrogens with one attached hydrogen (secondary N) is 1. The number of benzene rings is 2. The van der Waals surface area contributed by atoms with Crippen molar-refractivity contribution in [2.75, 3.05) is 5.01 Å². The number of halogens is 1. The molecule has 146 valence electrons.